The number of rotatable bonds is 4. The molecule has 1 aromatic carbocycles. The van der Waals surface area contributed by atoms with E-state index >= 15 is 0 Å². The van der Waals surface area contributed by atoms with Gasteiger partial charge in [-0.15, -0.1) is 10.2 Å². The molecule has 0 N–H and O–H groups in total. The fourth-order valence-corrected chi connectivity index (χ4v) is 4.55. The van der Waals surface area contributed by atoms with Crippen LogP contribution in [0.3, 0.4) is 0 Å². The first-order valence-corrected chi connectivity index (χ1v) is 10.2. The van der Waals surface area contributed by atoms with Crippen molar-refractivity contribution in [3.05, 3.63) is 62.8 Å². The molecule has 0 amide bonds. The zero-order valence-corrected chi connectivity index (χ0v) is 17.4. The molecule has 0 bridgehead atoms. The normalized spacial score (nSPS) is 11.8. The molecule has 6 nitrogen and oxygen atoms in total. The van der Waals surface area contributed by atoms with E-state index in [0.29, 0.717) is 23.0 Å². The number of nitrogens with zero attached hydrogens (tertiary/aromatic N) is 4. The van der Waals surface area contributed by atoms with Crippen LogP contribution in [0, 0.1) is 20.8 Å². The standard InChI is InChI=1S/C21H22N4O2S/c1-11(2)16-9-17-15(8-19(26)27-18(17)6-12(16)3)10-28-21-24-23-20-22-13(4)7-14(5)25(20)21/h6-9,11H,10H2,1-5H3. The molecular weight excluding hydrogens is 372 g/mol. The Morgan fingerprint density at radius 1 is 1.11 bits per heavy atom. The van der Waals surface area contributed by atoms with Gasteiger partial charge in [0.2, 0.25) is 0 Å². The van der Waals surface area contributed by atoms with E-state index in [1.807, 2.05) is 30.4 Å². The molecule has 0 aliphatic carbocycles. The van der Waals surface area contributed by atoms with Crippen LogP contribution in [0.1, 0.15) is 47.8 Å². The molecule has 0 atom stereocenters. The van der Waals surface area contributed by atoms with E-state index in [4.69, 9.17) is 4.42 Å². The fraction of sp³-hybridized carbons (Fsp3) is 0.333. The van der Waals surface area contributed by atoms with Gasteiger partial charge < -0.3 is 4.42 Å². The van der Waals surface area contributed by atoms with Gasteiger partial charge in [-0.05, 0) is 61.6 Å². The predicted octanol–water partition coefficient (Wildman–Crippen LogP) is 4.57. The van der Waals surface area contributed by atoms with Crippen LogP contribution in [0.25, 0.3) is 16.7 Å². The second-order valence-corrected chi connectivity index (χ2v) is 8.34. The van der Waals surface area contributed by atoms with Crippen molar-refractivity contribution >= 4 is 28.5 Å². The van der Waals surface area contributed by atoms with Crippen molar-refractivity contribution in [2.75, 3.05) is 0 Å². The molecule has 3 heterocycles. The molecular formula is C21H22N4O2S. The lowest BCUT2D eigenvalue weighted by Crippen LogP contribution is -2.02. The highest BCUT2D eigenvalue weighted by Gasteiger charge is 2.14. The summed E-state index contributed by atoms with van der Waals surface area (Å²) in [5.41, 5.74) is 5.57. The van der Waals surface area contributed by atoms with Crippen LogP contribution in [0.5, 0.6) is 0 Å². The molecule has 28 heavy (non-hydrogen) atoms. The largest absolute Gasteiger partial charge is 0.423 e. The smallest absolute Gasteiger partial charge is 0.336 e. The number of benzene rings is 1. The number of hydrogen-bond donors (Lipinski definition) is 0. The Labute approximate surface area is 167 Å². The van der Waals surface area contributed by atoms with Gasteiger partial charge in [0.05, 0.1) is 0 Å². The summed E-state index contributed by atoms with van der Waals surface area (Å²) in [5.74, 6) is 1.58. The van der Waals surface area contributed by atoms with Crippen molar-refractivity contribution in [3.8, 4) is 0 Å². The predicted molar refractivity (Wildman–Crippen MR) is 111 cm³/mol. The maximum atomic E-state index is 12.1. The van der Waals surface area contributed by atoms with E-state index in [-0.39, 0.29) is 5.63 Å². The van der Waals surface area contributed by atoms with Gasteiger partial charge in [-0.3, -0.25) is 4.40 Å². The third-order valence-corrected chi connectivity index (χ3v) is 5.84. The first-order chi connectivity index (χ1) is 13.3. The number of aromatic nitrogens is 4. The van der Waals surface area contributed by atoms with Gasteiger partial charge in [0.1, 0.15) is 5.58 Å². The van der Waals surface area contributed by atoms with Crippen LogP contribution in [0.15, 0.2) is 38.6 Å². The van der Waals surface area contributed by atoms with Crippen LogP contribution in [-0.2, 0) is 5.75 Å². The Hall–Kier alpha value is -2.67. The van der Waals surface area contributed by atoms with Crippen LogP contribution < -0.4 is 5.63 Å². The summed E-state index contributed by atoms with van der Waals surface area (Å²) in [5, 5.41) is 10.2. The molecule has 0 saturated heterocycles. The number of aryl methyl sites for hydroxylation is 3. The monoisotopic (exact) mass is 394 g/mol. The second kappa shape index (κ2) is 7.05. The molecule has 4 aromatic rings. The van der Waals surface area contributed by atoms with Crippen LogP contribution in [0.4, 0.5) is 0 Å². The third kappa shape index (κ3) is 3.30. The first kappa shape index (κ1) is 18.7. The van der Waals surface area contributed by atoms with Gasteiger partial charge in [0, 0.05) is 28.6 Å². The van der Waals surface area contributed by atoms with Crippen molar-refractivity contribution < 1.29 is 4.42 Å². The molecule has 144 valence electrons. The maximum Gasteiger partial charge on any atom is 0.336 e. The van der Waals surface area contributed by atoms with E-state index in [1.54, 1.807) is 17.8 Å². The Balaban J connectivity index is 1.76. The van der Waals surface area contributed by atoms with Crippen molar-refractivity contribution in [1.29, 1.82) is 0 Å². The zero-order valence-electron chi connectivity index (χ0n) is 16.6. The number of hydrogen-bond acceptors (Lipinski definition) is 6. The summed E-state index contributed by atoms with van der Waals surface area (Å²) in [6.45, 7) is 10.3. The molecule has 0 unspecified atom stereocenters. The summed E-state index contributed by atoms with van der Waals surface area (Å²) >= 11 is 1.54. The molecule has 4 rings (SSSR count). The van der Waals surface area contributed by atoms with Crippen LogP contribution in [0.2, 0.25) is 0 Å². The highest BCUT2D eigenvalue weighted by atomic mass is 32.2. The van der Waals surface area contributed by atoms with Gasteiger partial charge in [-0.2, -0.15) is 0 Å². The summed E-state index contributed by atoms with van der Waals surface area (Å²) in [6.07, 6.45) is 0. The third-order valence-electron chi connectivity index (χ3n) is 4.86. The van der Waals surface area contributed by atoms with Crippen LogP contribution >= 0.6 is 11.8 Å². The van der Waals surface area contributed by atoms with Crippen LogP contribution in [-0.4, -0.2) is 19.6 Å². The van der Waals surface area contributed by atoms with Gasteiger partial charge in [0.15, 0.2) is 5.16 Å². The van der Waals surface area contributed by atoms with Gasteiger partial charge in [-0.1, -0.05) is 25.6 Å². The quantitative estimate of drug-likeness (QED) is 0.373. The van der Waals surface area contributed by atoms with Gasteiger partial charge in [0.25, 0.3) is 5.78 Å². The minimum Gasteiger partial charge on any atom is -0.423 e. The molecule has 3 aromatic heterocycles. The molecule has 0 aliphatic heterocycles. The summed E-state index contributed by atoms with van der Waals surface area (Å²) in [7, 11) is 0. The lowest BCUT2D eigenvalue weighted by atomic mass is 9.95. The molecule has 7 heteroatoms. The lowest BCUT2D eigenvalue weighted by molar-refractivity contribution is 0.559. The average molecular weight is 395 g/mol. The summed E-state index contributed by atoms with van der Waals surface area (Å²) in [6, 6.07) is 7.69. The summed E-state index contributed by atoms with van der Waals surface area (Å²) < 4.78 is 7.39. The van der Waals surface area contributed by atoms with E-state index in [0.717, 1.165) is 33.1 Å². The Bertz CT molecular complexity index is 1260. The van der Waals surface area contributed by atoms with E-state index in [1.165, 1.54) is 5.56 Å². The fourth-order valence-electron chi connectivity index (χ4n) is 3.57. The minimum atomic E-state index is -0.334. The Morgan fingerprint density at radius 3 is 2.64 bits per heavy atom. The van der Waals surface area contributed by atoms with Gasteiger partial charge >= 0.3 is 5.63 Å². The molecule has 0 saturated carbocycles. The lowest BCUT2D eigenvalue weighted by Gasteiger charge is -2.13. The van der Waals surface area contributed by atoms with E-state index in [9.17, 15) is 4.79 Å². The van der Waals surface area contributed by atoms with Crippen molar-refractivity contribution in [3.63, 3.8) is 0 Å². The molecule has 0 radical (unpaired) electrons. The van der Waals surface area contributed by atoms with Gasteiger partial charge in [-0.25, -0.2) is 9.78 Å². The molecule has 0 spiro atoms. The highest BCUT2D eigenvalue weighted by Crippen LogP contribution is 2.30. The second-order valence-electron chi connectivity index (χ2n) is 7.40. The Kier molecular flexibility index (Phi) is 4.71. The molecule has 0 aliphatic rings. The topological polar surface area (TPSA) is 73.3 Å². The van der Waals surface area contributed by atoms with Crippen molar-refractivity contribution in [2.24, 2.45) is 0 Å². The SMILES string of the molecule is Cc1cc(C)n2c(SCc3cc(=O)oc4cc(C)c(C(C)C)cc34)nnc2n1. The zero-order chi connectivity index (χ0) is 20.0. The Morgan fingerprint density at radius 2 is 1.89 bits per heavy atom. The van der Waals surface area contributed by atoms with E-state index < -0.39 is 0 Å². The highest BCUT2D eigenvalue weighted by molar-refractivity contribution is 7.98. The first-order valence-electron chi connectivity index (χ1n) is 9.23. The number of thioether (sulfide) groups is 1. The summed E-state index contributed by atoms with van der Waals surface area (Å²) in [4.78, 5) is 16.5. The average Bonchev–Trinajstić information content (AvgIpc) is 3.01. The minimum absolute atomic E-state index is 0.334. The number of fused-ring (bicyclic) bond motifs is 2. The van der Waals surface area contributed by atoms with E-state index in [2.05, 4.69) is 42.0 Å². The van der Waals surface area contributed by atoms with Crippen molar-refractivity contribution in [1.82, 2.24) is 19.6 Å². The maximum absolute atomic E-state index is 12.1. The van der Waals surface area contributed by atoms with Crippen molar-refractivity contribution in [2.45, 2.75) is 51.4 Å². The molecule has 0 fully saturated rings.